The van der Waals surface area contributed by atoms with Crippen molar-refractivity contribution in [2.45, 2.75) is 45.2 Å². The predicted molar refractivity (Wildman–Crippen MR) is 73.6 cm³/mol. The van der Waals surface area contributed by atoms with E-state index in [0.29, 0.717) is 11.3 Å². The fraction of sp³-hybridized carbons (Fsp3) is 0.533. The second-order valence-corrected chi connectivity index (χ2v) is 5.23. The molecule has 0 aromatic heterocycles. The molecular weight excluding hydrogens is 242 g/mol. The number of amides is 1. The molecule has 0 radical (unpaired) electrons. The Morgan fingerprint density at radius 1 is 1.32 bits per heavy atom. The summed E-state index contributed by atoms with van der Waals surface area (Å²) in [6.45, 7) is 4.16. The van der Waals surface area contributed by atoms with Crippen molar-refractivity contribution in [2.24, 2.45) is 0 Å². The van der Waals surface area contributed by atoms with Crippen LogP contribution in [0.2, 0.25) is 0 Å². The fourth-order valence-corrected chi connectivity index (χ4v) is 2.79. The van der Waals surface area contributed by atoms with E-state index in [-0.39, 0.29) is 23.7 Å². The van der Waals surface area contributed by atoms with Crippen LogP contribution in [-0.4, -0.2) is 35.1 Å². The van der Waals surface area contributed by atoms with E-state index in [1.165, 1.54) is 19.6 Å². The molecule has 1 heterocycles. The highest BCUT2D eigenvalue weighted by molar-refractivity contribution is 5.95. The molecule has 0 aliphatic carbocycles. The number of piperidine rings is 1. The molecule has 1 aliphatic heterocycles. The zero-order valence-electron chi connectivity index (χ0n) is 11.7. The average molecular weight is 263 g/mol. The van der Waals surface area contributed by atoms with Crippen LogP contribution in [-0.2, 0) is 0 Å². The Balaban J connectivity index is 2.25. The van der Waals surface area contributed by atoms with Gasteiger partial charge in [0.2, 0.25) is 0 Å². The number of phenolic OH excluding ortho intramolecular Hbond substituents is 1. The Labute approximate surface area is 114 Å². The number of phenols is 1. The monoisotopic (exact) mass is 263 g/mol. The van der Waals surface area contributed by atoms with Crippen molar-refractivity contribution in [3.05, 3.63) is 23.8 Å². The van der Waals surface area contributed by atoms with Crippen molar-refractivity contribution in [3.8, 4) is 11.5 Å². The van der Waals surface area contributed by atoms with Crippen molar-refractivity contribution >= 4 is 5.91 Å². The maximum atomic E-state index is 12.5. The van der Waals surface area contributed by atoms with E-state index in [4.69, 9.17) is 4.74 Å². The molecule has 2 unspecified atom stereocenters. The average Bonchev–Trinajstić information content (AvgIpc) is 2.38. The first-order valence-electron chi connectivity index (χ1n) is 6.74. The molecule has 19 heavy (non-hydrogen) atoms. The normalized spacial score (nSPS) is 23.2. The van der Waals surface area contributed by atoms with Gasteiger partial charge in [-0.25, -0.2) is 0 Å². The van der Waals surface area contributed by atoms with Gasteiger partial charge in [0.1, 0.15) is 0 Å². The number of carbonyl (C=O) groups is 1. The van der Waals surface area contributed by atoms with Crippen molar-refractivity contribution in [3.63, 3.8) is 0 Å². The van der Waals surface area contributed by atoms with E-state index < -0.39 is 0 Å². The van der Waals surface area contributed by atoms with E-state index in [1.54, 1.807) is 12.1 Å². The first kappa shape index (κ1) is 13.7. The van der Waals surface area contributed by atoms with Gasteiger partial charge in [0.25, 0.3) is 5.91 Å². The summed E-state index contributed by atoms with van der Waals surface area (Å²) in [5, 5.41) is 9.77. The van der Waals surface area contributed by atoms with Gasteiger partial charge in [-0.05, 0) is 51.3 Å². The molecular formula is C15H21NO3. The zero-order valence-corrected chi connectivity index (χ0v) is 11.7. The van der Waals surface area contributed by atoms with Gasteiger partial charge >= 0.3 is 0 Å². The smallest absolute Gasteiger partial charge is 0.254 e. The van der Waals surface area contributed by atoms with E-state index >= 15 is 0 Å². The lowest BCUT2D eigenvalue weighted by molar-refractivity contribution is 0.0510. The predicted octanol–water partition coefficient (Wildman–Crippen LogP) is 2.80. The van der Waals surface area contributed by atoms with Gasteiger partial charge in [0.15, 0.2) is 11.5 Å². The van der Waals surface area contributed by atoms with Crippen molar-refractivity contribution in [2.75, 3.05) is 7.11 Å². The Morgan fingerprint density at radius 3 is 2.47 bits per heavy atom. The first-order chi connectivity index (χ1) is 9.04. The van der Waals surface area contributed by atoms with Crippen LogP contribution < -0.4 is 4.74 Å². The number of methoxy groups -OCH3 is 1. The molecule has 104 valence electrons. The van der Waals surface area contributed by atoms with Gasteiger partial charge in [0.05, 0.1) is 7.11 Å². The van der Waals surface area contributed by atoms with Gasteiger partial charge < -0.3 is 14.7 Å². The standard InChI is InChI=1S/C15H21NO3/c1-10-5-4-6-11(2)16(10)15(18)12-7-8-14(19-3)13(17)9-12/h7-11,17H,4-6H2,1-3H3. The molecule has 1 aromatic carbocycles. The van der Waals surface area contributed by atoms with Crippen LogP contribution in [0.3, 0.4) is 0 Å². The maximum Gasteiger partial charge on any atom is 0.254 e. The van der Waals surface area contributed by atoms with Crippen LogP contribution in [0.25, 0.3) is 0 Å². The second kappa shape index (κ2) is 5.51. The molecule has 4 nitrogen and oxygen atoms in total. The highest BCUT2D eigenvalue weighted by Gasteiger charge is 2.29. The molecule has 1 fully saturated rings. The number of carbonyl (C=O) groups excluding carboxylic acids is 1. The van der Waals surface area contributed by atoms with Crippen LogP contribution in [0.4, 0.5) is 0 Å². The fourth-order valence-electron chi connectivity index (χ4n) is 2.79. The van der Waals surface area contributed by atoms with Crippen LogP contribution in [0, 0.1) is 0 Å². The Morgan fingerprint density at radius 2 is 1.95 bits per heavy atom. The number of likely N-dealkylation sites (tertiary alicyclic amines) is 1. The van der Waals surface area contributed by atoms with Gasteiger partial charge in [0, 0.05) is 17.6 Å². The number of ether oxygens (including phenoxy) is 1. The van der Waals surface area contributed by atoms with E-state index in [9.17, 15) is 9.90 Å². The SMILES string of the molecule is COc1ccc(C(=O)N2C(C)CCCC2C)cc1O. The summed E-state index contributed by atoms with van der Waals surface area (Å²) < 4.78 is 4.99. The minimum absolute atomic E-state index is 0.00525. The molecule has 1 amide bonds. The number of benzene rings is 1. The van der Waals surface area contributed by atoms with Crippen LogP contribution in [0.5, 0.6) is 11.5 Å². The molecule has 1 aromatic rings. The number of aromatic hydroxyl groups is 1. The lowest BCUT2D eigenvalue weighted by Gasteiger charge is -2.39. The quantitative estimate of drug-likeness (QED) is 0.892. The summed E-state index contributed by atoms with van der Waals surface area (Å²) in [5.74, 6) is 0.375. The van der Waals surface area contributed by atoms with E-state index in [1.807, 2.05) is 4.90 Å². The Bertz CT molecular complexity index is 462. The third kappa shape index (κ3) is 2.67. The molecule has 2 atom stereocenters. The molecule has 0 bridgehead atoms. The molecule has 0 spiro atoms. The van der Waals surface area contributed by atoms with Gasteiger partial charge in [-0.3, -0.25) is 4.79 Å². The molecule has 2 rings (SSSR count). The minimum atomic E-state index is -0.0161. The summed E-state index contributed by atoms with van der Waals surface area (Å²) >= 11 is 0. The summed E-state index contributed by atoms with van der Waals surface area (Å²) in [6, 6.07) is 5.31. The highest BCUT2D eigenvalue weighted by Crippen LogP contribution is 2.29. The van der Waals surface area contributed by atoms with E-state index in [2.05, 4.69) is 13.8 Å². The van der Waals surface area contributed by atoms with Crippen LogP contribution in [0.15, 0.2) is 18.2 Å². The van der Waals surface area contributed by atoms with Crippen molar-refractivity contribution in [1.82, 2.24) is 4.90 Å². The van der Waals surface area contributed by atoms with Crippen molar-refractivity contribution < 1.29 is 14.6 Å². The first-order valence-corrected chi connectivity index (χ1v) is 6.74. The molecule has 4 heteroatoms. The third-order valence-corrected chi connectivity index (χ3v) is 3.85. The topological polar surface area (TPSA) is 49.8 Å². The number of hydrogen-bond donors (Lipinski definition) is 1. The maximum absolute atomic E-state index is 12.5. The number of hydrogen-bond acceptors (Lipinski definition) is 3. The van der Waals surface area contributed by atoms with Gasteiger partial charge in [-0.1, -0.05) is 0 Å². The summed E-state index contributed by atoms with van der Waals surface area (Å²) in [5.41, 5.74) is 0.513. The molecule has 1 saturated heterocycles. The highest BCUT2D eigenvalue weighted by atomic mass is 16.5. The Kier molecular flexibility index (Phi) is 3.98. The van der Waals surface area contributed by atoms with Crippen molar-refractivity contribution in [1.29, 1.82) is 0 Å². The van der Waals surface area contributed by atoms with Gasteiger partial charge in [-0.15, -0.1) is 0 Å². The van der Waals surface area contributed by atoms with Gasteiger partial charge in [-0.2, -0.15) is 0 Å². The minimum Gasteiger partial charge on any atom is -0.504 e. The summed E-state index contributed by atoms with van der Waals surface area (Å²) in [7, 11) is 1.49. The Hall–Kier alpha value is -1.71. The lowest BCUT2D eigenvalue weighted by Crippen LogP contribution is -2.47. The number of nitrogens with zero attached hydrogens (tertiary/aromatic N) is 1. The molecule has 0 saturated carbocycles. The van der Waals surface area contributed by atoms with Crippen LogP contribution in [0.1, 0.15) is 43.5 Å². The molecule has 1 N–H and O–H groups in total. The van der Waals surface area contributed by atoms with Crippen LogP contribution >= 0.6 is 0 Å². The number of rotatable bonds is 2. The van der Waals surface area contributed by atoms with E-state index in [0.717, 1.165) is 12.8 Å². The second-order valence-electron chi connectivity index (χ2n) is 5.23. The lowest BCUT2D eigenvalue weighted by atomic mass is 9.96. The summed E-state index contributed by atoms with van der Waals surface area (Å²) in [6.07, 6.45) is 3.25. The largest absolute Gasteiger partial charge is 0.504 e. The zero-order chi connectivity index (χ0) is 14.0. The molecule has 1 aliphatic rings. The summed E-state index contributed by atoms with van der Waals surface area (Å²) in [4.78, 5) is 14.5. The third-order valence-electron chi connectivity index (χ3n) is 3.85.